The quantitative estimate of drug-likeness (QED) is 0.401. The van der Waals surface area contributed by atoms with Crippen molar-refractivity contribution in [3.63, 3.8) is 0 Å². The van der Waals surface area contributed by atoms with Crippen molar-refractivity contribution in [3.8, 4) is 0 Å². The van der Waals surface area contributed by atoms with Crippen LogP contribution in [0.25, 0.3) is 17.0 Å². The molecule has 0 aliphatic carbocycles. The van der Waals surface area contributed by atoms with Gasteiger partial charge in [0.15, 0.2) is 11.0 Å². The number of piperazine rings is 1. The largest absolute Gasteiger partial charge is 0.348 e. The lowest BCUT2D eigenvalue weighted by molar-refractivity contribution is -0.113. The molecule has 1 fully saturated rings. The summed E-state index contributed by atoms with van der Waals surface area (Å²) in [5.74, 6) is -0.214. The molecule has 3 heterocycles. The van der Waals surface area contributed by atoms with Gasteiger partial charge in [0.1, 0.15) is 0 Å². The lowest BCUT2D eigenvalue weighted by Gasteiger charge is -2.32. The minimum atomic E-state index is -0.186. The summed E-state index contributed by atoms with van der Waals surface area (Å²) < 4.78 is 1.87. The van der Waals surface area contributed by atoms with Crippen molar-refractivity contribution in [2.75, 3.05) is 33.2 Å². The Morgan fingerprint density at radius 2 is 1.94 bits per heavy atom. The zero-order valence-corrected chi connectivity index (χ0v) is 20.6. The first-order chi connectivity index (χ1) is 16.4. The van der Waals surface area contributed by atoms with Gasteiger partial charge in [-0.1, -0.05) is 23.7 Å². The van der Waals surface area contributed by atoms with Gasteiger partial charge in [0.05, 0.1) is 23.2 Å². The number of thioether (sulfide) groups is 1. The third kappa shape index (κ3) is 4.66. The molecule has 1 amide bonds. The average Bonchev–Trinajstić information content (AvgIpc) is 3.38. The van der Waals surface area contributed by atoms with Crippen LogP contribution in [0, 0.1) is 0 Å². The number of amides is 1. The fourth-order valence-corrected chi connectivity index (χ4v) is 5.32. The van der Waals surface area contributed by atoms with Gasteiger partial charge in [-0.3, -0.25) is 14.3 Å². The maximum absolute atomic E-state index is 12.5. The SMILES string of the molecule is CC(=O)c1cc(Cl)ccc1Cn1ncc2cc(/C=C3\SC(N4CCN(C)CC4)=NC3=O)ccc21. The highest BCUT2D eigenvalue weighted by atomic mass is 35.5. The van der Waals surface area contributed by atoms with Crippen molar-refractivity contribution in [2.45, 2.75) is 13.5 Å². The molecule has 34 heavy (non-hydrogen) atoms. The Morgan fingerprint density at radius 3 is 2.71 bits per heavy atom. The number of carbonyl (C=O) groups excluding carboxylic acids is 2. The summed E-state index contributed by atoms with van der Waals surface area (Å²) in [6, 6.07) is 11.3. The van der Waals surface area contributed by atoms with Gasteiger partial charge >= 0.3 is 0 Å². The highest BCUT2D eigenvalue weighted by molar-refractivity contribution is 8.18. The van der Waals surface area contributed by atoms with E-state index in [1.807, 2.05) is 35.0 Å². The van der Waals surface area contributed by atoms with Gasteiger partial charge in [0, 0.05) is 42.2 Å². The first kappa shape index (κ1) is 22.8. The maximum Gasteiger partial charge on any atom is 0.286 e. The predicted molar refractivity (Wildman–Crippen MR) is 137 cm³/mol. The van der Waals surface area contributed by atoms with Gasteiger partial charge < -0.3 is 9.80 Å². The smallest absolute Gasteiger partial charge is 0.286 e. The fourth-order valence-electron chi connectivity index (χ4n) is 4.18. The topological polar surface area (TPSA) is 70.8 Å². The van der Waals surface area contributed by atoms with Crippen molar-refractivity contribution in [1.82, 2.24) is 19.6 Å². The number of amidine groups is 1. The van der Waals surface area contributed by atoms with Gasteiger partial charge in [0.2, 0.25) is 0 Å². The number of hydrogen-bond acceptors (Lipinski definition) is 6. The number of aromatic nitrogens is 2. The minimum absolute atomic E-state index is 0.0280. The summed E-state index contributed by atoms with van der Waals surface area (Å²) in [5, 5.41) is 6.82. The van der Waals surface area contributed by atoms with E-state index >= 15 is 0 Å². The minimum Gasteiger partial charge on any atom is -0.348 e. The summed E-state index contributed by atoms with van der Waals surface area (Å²) in [6.45, 7) is 5.71. The van der Waals surface area contributed by atoms with Gasteiger partial charge in [-0.05, 0) is 67.2 Å². The van der Waals surface area contributed by atoms with E-state index in [0.717, 1.165) is 53.4 Å². The molecule has 0 saturated carbocycles. The number of carbonyl (C=O) groups is 2. The highest BCUT2D eigenvalue weighted by Gasteiger charge is 2.27. The number of nitrogens with zero attached hydrogens (tertiary/aromatic N) is 5. The second kappa shape index (κ2) is 9.37. The summed E-state index contributed by atoms with van der Waals surface area (Å²) in [5.41, 5.74) is 3.35. The van der Waals surface area contributed by atoms with Gasteiger partial charge in [0.25, 0.3) is 5.91 Å². The molecule has 7 nitrogen and oxygen atoms in total. The van der Waals surface area contributed by atoms with Crippen molar-refractivity contribution in [1.29, 1.82) is 0 Å². The first-order valence-electron chi connectivity index (χ1n) is 11.1. The van der Waals surface area contributed by atoms with Crippen LogP contribution >= 0.6 is 23.4 Å². The molecule has 2 aliphatic heterocycles. The zero-order chi connectivity index (χ0) is 23.8. The molecule has 2 aromatic carbocycles. The van der Waals surface area contributed by atoms with Crippen LogP contribution in [0.5, 0.6) is 0 Å². The molecule has 0 bridgehead atoms. The normalized spacial score (nSPS) is 18.2. The Balaban J connectivity index is 1.35. The van der Waals surface area contributed by atoms with Crippen molar-refractivity contribution >= 4 is 57.2 Å². The molecule has 0 atom stereocenters. The number of rotatable bonds is 4. The van der Waals surface area contributed by atoms with Crippen LogP contribution in [0.3, 0.4) is 0 Å². The lowest BCUT2D eigenvalue weighted by Crippen LogP contribution is -2.46. The number of ketones is 1. The third-order valence-corrected chi connectivity index (χ3v) is 7.40. The van der Waals surface area contributed by atoms with Crippen LogP contribution in [-0.4, -0.2) is 69.7 Å². The summed E-state index contributed by atoms with van der Waals surface area (Å²) in [7, 11) is 2.10. The number of Topliss-reactive ketones (excluding diaryl/α,β-unsaturated/α-hetero) is 1. The number of aliphatic imine (C=N–C) groups is 1. The van der Waals surface area contributed by atoms with E-state index in [2.05, 4.69) is 26.9 Å². The van der Waals surface area contributed by atoms with E-state index in [1.54, 1.807) is 18.3 Å². The number of benzene rings is 2. The molecule has 9 heteroatoms. The molecular formula is C25H24ClN5O2S. The Labute approximate surface area is 207 Å². The van der Waals surface area contributed by atoms with Gasteiger partial charge in [-0.15, -0.1) is 0 Å². The highest BCUT2D eigenvalue weighted by Crippen LogP contribution is 2.31. The average molecular weight is 494 g/mol. The zero-order valence-electron chi connectivity index (χ0n) is 19.0. The molecule has 0 spiro atoms. The molecule has 174 valence electrons. The predicted octanol–water partition coefficient (Wildman–Crippen LogP) is 4.16. The standard InChI is InChI=1S/C25H24ClN5O2S/c1-16(32)21-13-20(26)5-4-18(21)15-31-22-6-3-17(11-19(22)14-27-31)12-23-24(33)28-25(34-23)30-9-7-29(2)8-10-30/h3-6,11-14H,7-10,15H2,1-2H3/b23-12-. The molecule has 5 rings (SSSR count). The van der Waals surface area contributed by atoms with Crippen LogP contribution < -0.4 is 0 Å². The summed E-state index contributed by atoms with van der Waals surface area (Å²) in [4.78, 5) is 33.9. The molecule has 0 N–H and O–H groups in total. The first-order valence-corrected chi connectivity index (χ1v) is 12.3. The molecule has 3 aromatic rings. The third-order valence-electron chi connectivity index (χ3n) is 6.12. The van der Waals surface area contributed by atoms with E-state index in [0.29, 0.717) is 22.0 Å². The van der Waals surface area contributed by atoms with E-state index in [1.165, 1.54) is 18.7 Å². The van der Waals surface area contributed by atoms with E-state index in [-0.39, 0.29) is 11.7 Å². The maximum atomic E-state index is 12.5. The second-order valence-corrected chi connectivity index (χ2v) is 10.0. The molecular weight excluding hydrogens is 470 g/mol. The van der Waals surface area contributed by atoms with Crippen LogP contribution in [-0.2, 0) is 11.3 Å². The van der Waals surface area contributed by atoms with E-state index in [9.17, 15) is 9.59 Å². The number of hydrogen-bond donors (Lipinski definition) is 0. The fraction of sp³-hybridized carbons (Fsp3) is 0.280. The molecule has 0 radical (unpaired) electrons. The van der Waals surface area contributed by atoms with Crippen LogP contribution in [0.15, 0.2) is 52.5 Å². The van der Waals surface area contributed by atoms with E-state index < -0.39 is 0 Å². The van der Waals surface area contributed by atoms with E-state index in [4.69, 9.17) is 11.6 Å². The van der Waals surface area contributed by atoms with Crippen LogP contribution in [0.1, 0.15) is 28.4 Å². The number of halogens is 1. The Hall–Kier alpha value is -2.94. The Kier molecular flexibility index (Phi) is 6.29. The molecule has 1 saturated heterocycles. The van der Waals surface area contributed by atoms with Crippen molar-refractivity contribution in [3.05, 3.63) is 69.2 Å². The second-order valence-electron chi connectivity index (χ2n) is 8.58. The number of fused-ring (bicyclic) bond motifs is 1. The van der Waals surface area contributed by atoms with Gasteiger partial charge in [-0.2, -0.15) is 10.1 Å². The molecule has 2 aliphatic rings. The monoisotopic (exact) mass is 493 g/mol. The van der Waals surface area contributed by atoms with Crippen LogP contribution in [0.2, 0.25) is 5.02 Å². The van der Waals surface area contributed by atoms with Gasteiger partial charge in [-0.25, -0.2) is 0 Å². The van der Waals surface area contributed by atoms with Crippen molar-refractivity contribution < 1.29 is 9.59 Å². The summed E-state index contributed by atoms with van der Waals surface area (Å²) >= 11 is 7.52. The molecule has 0 unspecified atom stereocenters. The Morgan fingerprint density at radius 1 is 1.15 bits per heavy atom. The summed E-state index contributed by atoms with van der Waals surface area (Å²) in [6.07, 6.45) is 3.69. The lowest BCUT2D eigenvalue weighted by atomic mass is 10.0. The number of likely N-dealkylation sites (N-methyl/N-ethyl adjacent to an activating group) is 1. The Bertz CT molecular complexity index is 1350. The van der Waals surface area contributed by atoms with Crippen LogP contribution in [0.4, 0.5) is 0 Å². The molecule has 1 aromatic heterocycles. The van der Waals surface area contributed by atoms with Crippen molar-refractivity contribution in [2.24, 2.45) is 4.99 Å².